The van der Waals surface area contributed by atoms with Gasteiger partial charge in [-0.05, 0) is 63.4 Å². The molecule has 0 aromatic heterocycles. The van der Waals surface area contributed by atoms with Crippen molar-refractivity contribution in [2.24, 2.45) is 0 Å². The highest BCUT2D eigenvalue weighted by Gasteiger charge is 2.52. The minimum Gasteiger partial charge on any atom is -0.541 e. The number of hydrogen-bond donors (Lipinski definition) is 0. The highest BCUT2D eigenvalue weighted by atomic mass is 28.4. The molecule has 0 aliphatic carbocycles. The first-order valence-corrected chi connectivity index (χ1v) is 11.5. The van der Waals surface area contributed by atoms with Crippen LogP contribution >= 0.6 is 0 Å². The molecule has 1 aromatic rings. The number of hydrogen-bond acceptors (Lipinski definition) is 3. The normalized spacial score (nSPS) is 20.0. The molecule has 7 heteroatoms. The van der Waals surface area contributed by atoms with E-state index in [1.807, 2.05) is 61.6 Å². The Morgan fingerprint density at radius 3 is 1.92 bits per heavy atom. The van der Waals surface area contributed by atoms with Crippen molar-refractivity contribution in [3.05, 3.63) is 23.8 Å². The van der Waals surface area contributed by atoms with Crippen molar-refractivity contribution in [2.45, 2.75) is 77.8 Å². The first kappa shape index (κ1) is 20.4. The Labute approximate surface area is 151 Å². The minimum atomic E-state index is -2.31. The van der Waals surface area contributed by atoms with Gasteiger partial charge in [0.25, 0.3) is 8.32 Å². The second-order valence-corrected chi connectivity index (χ2v) is 14.0. The molecule has 1 fully saturated rings. The van der Waals surface area contributed by atoms with Crippen molar-refractivity contribution in [3.8, 4) is 5.75 Å². The predicted molar refractivity (Wildman–Crippen MR) is 99.9 cm³/mol. The Balaban J connectivity index is 2.40. The van der Waals surface area contributed by atoms with E-state index in [4.69, 9.17) is 13.7 Å². The molecule has 1 aromatic carbocycles. The van der Waals surface area contributed by atoms with Gasteiger partial charge in [0, 0.05) is 0 Å². The van der Waals surface area contributed by atoms with E-state index >= 15 is 0 Å². The van der Waals surface area contributed by atoms with Crippen LogP contribution in [0.15, 0.2) is 12.1 Å². The first-order chi connectivity index (χ1) is 11.1. The lowest BCUT2D eigenvalue weighted by atomic mass is 9.79. The molecule has 140 valence electrons. The SMILES string of the molecule is CC1(C)OB(c2cc(F)c(F)c(O[Si](C)(C)C(C)(C)C)c2)OC1(C)C. The summed E-state index contributed by atoms with van der Waals surface area (Å²) in [7, 11) is -3.07. The molecule has 2 rings (SSSR count). The summed E-state index contributed by atoms with van der Waals surface area (Å²) in [5.74, 6) is -2.00. The minimum absolute atomic E-state index is 0.0729. The van der Waals surface area contributed by atoms with Crippen LogP contribution in [0, 0.1) is 11.6 Å². The summed E-state index contributed by atoms with van der Waals surface area (Å²) in [5, 5.41) is -0.129. The molecule has 0 atom stereocenters. The Bertz CT molecular complexity index is 653. The summed E-state index contributed by atoms with van der Waals surface area (Å²) < 4.78 is 46.4. The molecule has 0 bridgehead atoms. The molecule has 25 heavy (non-hydrogen) atoms. The zero-order valence-electron chi connectivity index (χ0n) is 16.7. The molecule has 0 unspecified atom stereocenters. The second-order valence-electron chi connectivity index (χ2n) is 9.27. The number of halogens is 2. The summed E-state index contributed by atoms with van der Waals surface area (Å²) in [6.07, 6.45) is 0. The summed E-state index contributed by atoms with van der Waals surface area (Å²) in [6.45, 7) is 17.8. The Morgan fingerprint density at radius 2 is 1.48 bits per heavy atom. The molecule has 0 amide bonds. The van der Waals surface area contributed by atoms with Crippen LogP contribution < -0.4 is 9.89 Å². The van der Waals surface area contributed by atoms with Gasteiger partial charge in [0.05, 0.1) is 11.2 Å². The highest BCUT2D eigenvalue weighted by molar-refractivity contribution is 6.74. The summed E-state index contributed by atoms with van der Waals surface area (Å²) in [6, 6.07) is 2.62. The van der Waals surface area contributed by atoms with E-state index in [0.717, 1.165) is 6.07 Å². The molecule has 0 N–H and O–H groups in total. The van der Waals surface area contributed by atoms with Gasteiger partial charge in [-0.25, -0.2) is 4.39 Å². The fourth-order valence-corrected chi connectivity index (χ4v) is 3.21. The van der Waals surface area contributed by atoms with Gasteiger partial charge in [-0.15, -0.1) is 0 Å². The van der Waals surface area contributed by atoms with E-state index < -0.39 is 38.3 Å². The number of benzene rings is 1. The van der Waals surface area contributed by atoms with Gasteiger partial charge in [0.15, 0.2) is 11.6 Å². The topological polar surface area (TPSA) is 27.7 Å². The predicted octanol–water partition coefficient (Wildman–Crippen LogP) is 4.65. The van der Waals surface area contributed by atoms with Crippen LogP contribution in [0.3, 0.4) is 0 Å². The lowest BCUT2D eigenvalue weighted by Crippen LogP contribution is -2.44. The van der Waals surface area contributed by atoms with Gasteiger partial charge >= 0.3 is 7.12 Å². The van der Waals surface area contributed by atoms with Crippen molar-refractivity contribution < 1.29 is 22.5 Å². The van der Waals surface area contributed by atoms with E-state index in [-0.39, 0.29) is 10.8 Å². The third-order valence-electron chi connectivity index (χ3n) is 5.71. The van der Waals surface area contributed by atoms with E-state index in [0.29, 0.717) is 5.46 Å². The second kappa shape index (κ2) is 6.06. The quantitative estimate of drug-likeness (QED) is 0.725. The van der Waals surface area contributed by atoms with Gasteiger partial charge in [-0.3, -0.25) is 0 Å². The smallest absolute Gasteiger partial charge is 0.495 e. The zero-order chi connectivity index (χ0) is 19.4. The molecule has 1 saturated heterocycles. The fourth-order valence-electron chi connectivity index (χ4n) is 2.20. The highest BCUT2D eigenvalue weighted by Crippen LogP contribution is 2.39. The third kappa shape index (κ3) is 3.78. The van der Waals surface area contributed by atoms with Crippen LogP contribution in [0.25, 0.3) is 0 Å². The van der Waals surface area contributed by atoms with Crippen molar-refractivity contribution in [1.82, 2.24) is 0 Å². The summed E-state index contributed by atoms with van der Waals surface area (Å²) >= 11 is 0. The largest absolute Gasteiger partial charge is 0.541 e. The monoisotopic (exact) mass is 370 g/mol. The maximum atomic E-state index is 14.3. The van der Waals surface area contributed by atoms with Crippen molar-refractivity contribution >= 4 is 20.9 Å². The first-order valence-electron chi connectivity index (χ1n) is 8.61. The van der Waals surface area contributed by atoms with Crippen LogP contribution in [0.1, 0.15) is 48.5 Å². The van der Waals surface area contributed by atoms with Crippen LogP contribution in [-0.2, 0) is 9.31 Å². The van der Waals surface area contributed by atoms with Crippen molar-refractivity contribution in [3.63, 3.8) is 0 Å². The zero-order valence-corrected chi connectivity index (χ0v) is 17.7. The van der Waals surface area contributed by atoms with Crippen LogP contribution in [0.5, 0.6) is 5.75 Å². The Morgan fingerprint density at radius 1 is 1.00 bits per heavy atom. The van der Waals surface area contributed by atoms with E-state index in [1.165, 1.54) is 6.07 Å². The lowest BCUT2D eigenvalue weighted by Gasteiger charge is -2.36. The fraction of sp³-hybridized carbons (Fsp3) is 0.667. The van der Waals surface area contributed by atoms with Gasteiger partial charge in [0.1, 0.15) is 5.75 Å². The average molecular weight is 370 g/mol. The molecule has 1 aliphatic rings. The molecular formula is C18H29BF2O3Si. The van der Waals surface area contributed by atoms with E-state index in [1.54, 1.807) is 0 Å². The van der Waals surface area contributed by atoms with Gasteiger partial charge in [-0.2, -0.15) is 4.39 Å². The standard InChI is InChI=1S/C18H29BF2O3Si/c1-16(2,3)25(8,9)22-14-11-12(10-13(20)15(14)21)19-23-17(4,5)18(6,7)24-19/h10-11H,1-9H3. The number of rotatable bonds is 3. The molecule has 1 aliphatic heterocycles. The molecule has 0 spiro atoms. The van der Waals surface area contributed by atoms with Crippen LogP contribution in [0.2, 0.25) is 18.1 Å². The van der Waals surface area contributed by atoms with Gasteiger partial charge < -0.3 is 13.7 Å². The van der Waals surface area contributed by atoms with E-state index in [9.17, 15) is 8.78 Å². The average Bonchev–Trinajstić information content (AvgIpc) is 2.62. The van der Waals surface area contributed by atoms with Gasteiger partial charge in [-0.1, -0.05) is 20.8 Å². The van der Waals surface area contributed by atoms with E-state index in [2.05, 4.69) is 0 Å². The molecular weight excluding hydrogens is 341 g/mol. The summed E-state index contributed by atoms with van der Waals surface area (Å²) in [4.78, 5) is 0. The molecule has 0 radical (unpaired) electrons. The molecule has 0 saturated carbocycles. The molecule has 1 heterocycles. The van der Waals surface area contributed by atoms with Crippen molar-refractivity contribution in [1.29, 1.82) is 0 Å². The third-order valence-corrected chi connectivity index (χ3v) is 10.1. The Hall–Kier alpha value is -0.918. The van der Waals surface area contributed by atoms with Gasteiger partial charge in [0.2, 0.25) is 0 Å². The maximum absolute atomic E-state index is 14.3. The summed E-state index contributed by atoms with van der Waals surface area (Å²) in [5.41, 5.74) is -0.683. The van der Waals surface area contributed by atoms with Crippen LogP contribution in [0.4, 0.5) is 8.78 Å². The maximum Gasteiger partial charge on any atom is 0.495 e. The molecule has 3 nitrogen and oxygen atoms in total. The Kier molecular flexibility index (Phi) is 4.95. The van der Waals surface area contributed by atoms with Crippen molar-refractivity contribution in [2.75, 3.05) is 0 Å². The lowest BCUT2D eigenvalue weighted by molar-refractivity contribution is 0.00578. The van der Waals surface area contributed by atoms with Crippen LogP contribution in [-0.4, -0.2) is 26.6 Å².